The van der Waals surface area contributed by atoms with Gasteiger partial charge in [-0.15, -0.1) is 0 Å². The van der Waals surface area contributed by atoms with E-state index in [-0.39, 0.29) is 11.0 Å². The summed E-state index contributed by atoms with van der Waals surface area (Å²) in [5.41, 5.74) is 1.23. The molecule has 1 heterocycles. The van der Waals surface area contributed by atoms with E-state index in [1.807, 2.05) is 6.07 Å². The van der Waals surface area contributed by atoms with Crippen molar-refractivity contribution in [3.63, 3.8) is 0 Å². The zero-order valence-corrected chi connectivity index (χ0v) is 11.2. The summed E-state index contributed by atoms with van der Waals surface area (Å²) in [7, 11) is 0. The number of hydrogen-bond acceptors (Lipinski definition) is 2. The smallest absolute Gasteiger partial charge is 0.190 e. The number of benzene rings is 1. The van der Waals surface area contributed by atoms with Gasteiger partial charge in [-0.25, -0.2) is 4.99 Å². The van der Waals surface area contributed by atoms with E-state index in [4.69, 9.17) is 4.74 Å². The SMILES string of the molecule is CC1(C)COC(C(C)(C)Cc2ccccc2)=N1. The predicted octanol–water partition coefficient (Wildman–Crippen LogP) is 3.46. The molecule has 0 fully saturated rings. The van der Waals surface area contributed by atoms with Gasteiger partial charge in [-0.1, -0.05) is 44.2 Å². The van der Waals surface area contributed by atoms with Crippen LogP contribution < -0.4 is 0 Å². The fourth-order valence-electron chi connectivity index (χ4n) is 2.11. The van der Waals surface area contributed by atoms with Crippen LogP contribution in [-0.2, 0) is 11.2 Å². The minimum atomic E-state index is -0.0662. The Kier molecular flexibility index (Phi) is 2.98. The van der Waals surface area contributed by atoms with E-state index in [0.717, 1.165) is 12.3 Å². The van der Waals surface area contributed by atoms with Crippen molar-refractivity contribution in [2.24, 2.45) is 10.4 Å². The second kappa shape index (κ2) is 4.17. The summed E-state index contributed by atoms with van der Waals surface area (Å²) in [5, 5.41) is 0. The topological polar surface area (TPSA) is 21.6 Å². The fourth-order valence-corrected chi connectivity index (χ4v) is 2.11. The molecule has 0 amide bonds. The second-order valence-corrected chi connectivity index (χ2v) is 6.06. The molecule has 1 aliphatic heterocycles. The van der Waals surface area contributed by atoms with Crippen LogP contribution in [0, 0.1) is 5.41 Å². The van der Waals surface area contributed by atoms with Crippen LogP contribution in [0.2, 0.25) is 0 Å². The average molecular weight is 231 g/mol. The van der Waals surface area contributed by atoms with Crippen molar-refractivity contribution in [2.75, 3.05) is 6.61 Å². The van der Waals surface area contributed by atoms with E-state index < -0.39 is 0 Å². The van der Waals surface area contributed by atoms with Crippen molar-refractivity contribution in [3.8, 4) is 0 Å². The summed E-state index contributed by atoms with van der Waals surface area (Å²) in [4.78, 5) is 4.68. The van der Waals surface area contributed by atoms with E-state index in [9.17, 15) is 0 Å². The van der Waals surface area contributed by atoms with E-state index in [1.54, 1.807) is 0 Å². The average Bonchev–Trinajstić information content (AvgIpc) is 2.60. The number of hydrogen-bond donors (Lipinski definition) is 0. The summed E-state index contributed by atoms with van der Waals surface area (Å²) in [6, 6.07) is 10.5. The van der Waals surface area contributed by atoms with E-state index in [0.29, 0.717) is 6.61 Å². The Hall–Kier alpha value is -1.31. The van der Waals surface area contributed by atoms with Gasteiger partial charge in [-0.3, -0.25) is 0 Å². The summed E-state index contributed by atoms with van der Waals surface area (Å²) < 4.78 is 5.76. The molecule has 0 aromatic heterocycles. The first-order chi connectivity index (χ1) is 7.89. The van der Waals surface area contributed by atoms with Crippen LogP contribution in [-0.4, -0.2) is 18.0 Å². The lowest BCUT2D eigenvalue weighted by Gasteiger charge is -2.23. The molecule has 17 heavy (non-hydrogen) atoms. The van der Waals surface area contributed by atoms with Crippen molar-refractivity contribution in [3.05, 3.63) is 35.9 Å². The maximum atomic E-state index is 5.76. The van der Waals surface area contributed by atoms with Crippen LogP contribution in [0.4, 0.5) is 0 Å². The summed E-state index contributed by atoms with van der Waals surface area (Å²) in [6.45, 7) is 9.30. The summed E-state index contributed by atoms with van der Waals surface area (Å²) in [5.74, 6) is 0.895. The second-order valence-electron chi connectivity index (χ2n) is 6.06. The largest absolute Gasteiger partial charge is 0.478 e. The van der Waals surface area contributed by atoms with Gasteiger partial charge in [0.25, 0.3) is 0 Å². The molecule has 0 radical (unpaired) electrons. The monoisotopic (exact) mass is 231 g/mol. The molecule has 0 aliphatic carbocycles. The molecule has 0 bridgehead atoms. The third kappa shape index (κ3) is 2.87. The zero-order valence-electron chi connectivity index (χ0n) is 11.2. The van der Waals surface area contributed by atoms with Crippen LogP contribution in [0.25, 0.3) is 0 Å². The van der Waals surface area contributed by atoms with Crippen molar-refractivity contribution >= 4 is 5.90 Å². The van der Waals surface area contributed by atoms with Gasteiger partial charge >= 0.3 is 0 Å². The maximum Gasteiger partial charge on any atom is 0.190 e. The van der Waals surface area contributed by atoms with Crippen molar-refractivity contribution < 1.29 is 4.74 Å². The lowest BCUT2D eigenvalue weighted by Crippen LogP contribution is -2.27. The highest BCUT2D eigenvalue weighted by Crippen LogP contribution is 2.30. The van der Waals surface area contributed by atoms with Crippen molar-refractivity contribution in [1.29, 1.82) is 0 Å². The predicted molar refractivity (Wildman–Crippen MR) is 71.4 cm³/mol. The van der Waals surface area contributed by atoms with E-state index in [2.05, 4.69) is 57.0 Å². The third-order valence-corrected chi connectivity index (χ3v) is 3.03. The maximum absolute atomic E-state index is 5.76. The Morgan fingerprint density at radius 2 is 1.88 bits per heavy atom. The molecule has 0 atom stereocenters. The minimum absolute atomic E-state index is 0.0326. The molecule has 2 rings (SSSR count). The van der Waals surface area contributed by atoms with Gasteiger partial charge < -0.3 is 4.74 Å². The highest BCUT2D eigenvalue weighted by atomic mass is 16.5. The van der Waals surface area contributed by atoms with Crippen LogP contribution >= 0.6 is 0 Å². The van der Waals surface area contributed by atoms with E-state index in [1.165, 1.54) is 5.56 Å². The minimum Gasteiger partial charge on any atom is -0.478 e. The Balaban J connectivity index is 2.15. The third-order valence-electron chi connectivity index (χ3n) is 3.03. The summed E-state index contributed by atoms with van der Waals surface area (Å²) >= 11 is 0. The lowest BCUT2D eigenvalue weighted by atomic mass is 9.85. The van der Waals surface area contributed by atoms with Gasteiger partial charge in [0.15, 0.2) is 5.90 Å². The first-order valence-corrected chi connectivity index (χ1v) is 6.16. The van der Waals surface area contributed by atoms with Crippen molar-refractivity contribution in [1.82, 2.24) is 0 Å². The van der Waals surface area contributed by atoms with Crippen LogP contribution in [0.1, 0.15) is 33.3 Å². The molecular weight excluding hydrogens is 210 g/mol. The molecule has 0 saturated heterocycles. The van der Waals surface area contributed by atoms with Gasteiger partial charge in [-0.05, 0) is 25.8 Å². The molecule has 1 aromatic carbocycles. The fraction of sp³-hybridized carbons (Fsp3) is 0.533. The molecule has 2 heteroatoms. The van der Waals surface area contributed by atoms with Gasteiger partial charge in [0.05, 0.1) is 5.54 Å². The molecular formula is C15H21NO. The van der Waals surface area contributed by atoms with Crippen LogP contribution in [0.3, 0.4) is 0 Å². The van der Waals surface area contributed by atoms with E-state index >= 15 is 0 Å². The molecule has 1 aliphatic rings. The molecule has 0 unspecified atom stereocenters. The Morgan fingerprint density at radius 1 is 1.24 bits per heavy atom. The first-order valence-electron chi connectivity index (χ1n) is 6.16. The Morgan fingerprint density at radius 3 is 2.41 bits per heavy atom. The van der Waals surface area contributed by atoms with Gasteiger partial charge in [-0.2, -0.15) is 0 Å². The number of nitrogens with zero attached hydrogens (tertiary/aromatic N) is 1. The standard InChI is InChI=1S/C15H21NO/c1-14(2,10-12-8-6-5-7-9-12)13-16-15(3,4)11-17-13/h5-9H,10-11H2,1-4H3. The molecule has 92 valence electrons. The number of ether oxygens (including phenoxy) is 1. The van der Waals surface area contributed by atoms with Crippen LogP contribution in [0.5, 0.6) is 0 Å². The quantitative estimate of drug-likeness (QED) is 0.780. The summed E-state index contributed by atoms with van der Waals surface area (Å²) in [6.07, 6.45) is 0.961. The zero-order chi connectivity index (χ0) is 12.5. The normalized spacial score (nSPS) is 18.7. The Labute approximate surface area is 104 Å². The molecule has 0 N–H and O–H groups in total. The molecule has 0 saturated carbocycles. The first kappa shape index (κ1) is 12.2. The molecule has 2 nitrogen and oxygen atoms in total. The van der Waals surface area contributed by atoms with Gasteiger partial charge in [0.1, 0.15) is 6.61 Å². The number of aliphatic imine (C=N–C) groups is 1. The Bertz CT molecular complexity index is 418. The lowest BCUT2D eigenvalue weighted by molar-refractivity contribution is 0.249. The van der Waals surface area contributed by atoms with Gasteiger partial charge in [0, 0.05) is 5.41 Å². The highest BCUT2D eigenvalue weighted by molar-refractivity contribution is 5.84. The van der Waals surface area contributed by atoms with Gasteiger partial charge in [0.2, 0.25) is 0 Å². The van der Waals surface area contributed by atoms with Crippen molar-refractivity contribution in [2.45, 2.75) is 39.7 Å². The number of rotatable bonds is 3. The molecule has 0 spiro atoms. The molecule has 1 aromatic rings. The van der Waals surface area contributed by atoms with Crippen LogP contribution in [0.15, 0.2) is 35.3 Å². The highest BCUT2D eigenvalue weighted by Gasteiger charge is 2.35.